The molecule has 102 valence electrons. The minimum atomic E-state index is 0.222. The third-order valence-corrected chi connectivity index (χ3v) is 3.45. The molecule has 0 fully saturated rings. The lowest BCUT2D eigenvalue weighted by atomic mass is 9.95. The quantitative estimate of drug-likeness (QED) is 0.794. The SMILES string of the molecule is CCc1ccc(CC(CC)CNC(C)(C)C)cc1. The molecule has 0 heterocycles. The Hall–Kier alpha value is -0.820. The zero-order valence-corrected chi connectivity index (χ0v) is 12.7. The van der Waals surface area contributed by atoms with Crippen molar-refractivity contribution in [3.63, 3.8) is 0 Å². The molecule has 0 radical (unpaired) electrons. The van der Waals surface area contributed by atoms with Crippen LogP contribution < -0.4 is 5.32 Å². The fourth-order valence-corrected chi connectivity index (χ4v) is 2.06. The first-order chi connectivity index (χ1) is 8.44. The Labute approximate surface area is 113 Å². The van der Waals surface area contributed by atoms with Gasteiger partial charge in [-0.1, -0.05) is 44.5 Å². The van der Waals surface area contributed by atoms with Gasteiger partial charge < -0.3 is 5.32 Å². The average molecular weight is 247 g/mol. The van der Waals surface area contributed by atoms with E-state index >= 15 is 0 Å². The van der Waals surface area contributed by atoms with Gasteiger partial charge in [-0.15, -0.1) is 0 Å². The van der Waals surface area contributed by atoms with Crippen molar-refractivity contribution in [1.82, 2.24) is 5.32 Å². The molecule has 0 spiro atoms. The van der Waals surface area contributed by atoms with Gasteiger partial charge in [-0.2, -0.15) is 0 Å². The number of rotatable bonds is 6. The van der Waals surface area contributed by atoms with Crippen molar-refractivity contribution in [2.75, 3.05) is 6.54 Å². The van der Waals surface area contributed by atoms with Gasteiger partial charge in [-0.05, 0) is 57.2 Å². The summed E-state index contributed by atoms with van der Waals surface area (Å²) < 4.78 is 0. The van der Waals surface area contributed by atoms with Crippen LogP contribution in [-0.4, -0.2) is 12.1 Å². The van der Waals surface area contributed by atoms with Crippen LogP contribution in [0.15, 0.2) is 24.3 Å². The van der Waals surface area contributed by atoms with Crippen molar-refractivity contribution in [3.8, 4) is 0 Å². The molecule has 18 heavy (non-hydrogen) atoms. The number of aryl methyl sites for hydroxylation is 1. The van der Waals surface area contributed by atoms with Crippen LogP contribution in [0.25, 0.3) is 0 Å². The summed E-state index contributed by atoms with van der Waals surface area (Å²) in [4.78, 5) is 0. The topological polar surface area (TPSA) is 12.0 Å². The zero-order valence-electron chi connectivity index (χ0n) is 12.7. The summed E-state index contributed by atoms with van der Waals surface area (Å²) in [5.74, 6) is 0.733. The number of benzene rings is 1. The second-order valence-electron chi connectivity index (χ2n) is 6.28. The normalized spacial score (nSPS) is 13.6. The number of hydrogen-bond donors (Lipinski definition) is 1. The lowest BCUT2D eigenvalue weighted by Gasteiger charge is -2.24. The van der Waals surface area contributed by atoms with E-state index in [2.05, 4.69) is 64.2 Å². The molecular formula is C17H29N. The standard InChI is InChI=1S/C17H29N/c1-6-14-8-10-16(11-9-14)12-15(7-2)13-18-17(3,4)5/h8-11,15,18H,6-7,12-13H2,1-5H3. The predicted octanol–water partition coefficient (Wildman–Crippen LogP) is 4.21. The highest BCUT2D eigenvalue weighted by atomic mass is 14.9. The third-order valence-electron chi connectivity index (χ3n) is 3.45. The molecule has 0 aliphatic rings. The predicted molar refractivity (Wildman–Crippen MR) is 81.1 cm³/mol. The van der Waals surface area contributed by atoms with Crippen LogP contribution in [0.5, 0.6) is 0 Å². The Morgan fingerprint density at radius 2 is 1.56 bits per heavy atom. The highest BCUT2D eigenvalue weighted by molar-refractivity contribution is 5.22. The van der Waals surface area contributed by atoms with Gasteiger partial charge >= 0.3 is 0 Å². The molecule has 0 aromatic heterocycles. The van der Waals surface area contributed by atoms with E-state index in [1.165, 1.54) is 24.0 Å². The second kappa shape index (κ2) is 6.94. The van der Waals surface area contributed by atoms with Crippen molar-refractivity contribution in [2.45, 2.75) is 59.4 Å². The van der Waals surface area contributed by atoms with E-state index in [9.17, 15) is 0 Å². The van der Waals surface area contributed by atoms with E-state index in [0.29, 0.717) is 0 Å². The van der Waals surface area contributed by atoms with E-state index in [4.69, 9.17) is 0 Å². The number of nitrogens with one attached hydrogen (secondary N) is 1. The Morgan fingerprint density at radius 1 is 1.00 bits per heavy atom. The molecule has 0 saturated carbocycles. The summed E-state index contributed by atoms with van der Waals surface area (Å²) in [6.45, 7) is 12.3. The first-order valence-electron chi connectivity index (χ1n) is 7.27. The summed E-state index contributed by atoms with van der Waals surface area (Å²) in [5.41, 5.74) is 3.12. The monoisotopic (exact) mass is 247 g/mol. The smallest absolute Gasteiger partial charge is 0.00966 e. The van der Waals surface area contributed by atoms with Crippen LogP contribution in [0.2, 0.25) is 0 Å². The molecule has 0 bridgehead atoms. The van der Waals surface area contributed by atoms with E-state index in [-0.39, 0.29) is 5.54 Å². The van der Waals surface area contributed by atoms with Gasteiger partial charge in [-0.25, -0.2) is 0 Å². The molecule has 1 heteroatoms. The highest BCUT2D eigenvalue weighted by Crippen LogP contribution is 2.14. The molecule has 0 aliphatic heterocycles. The molecule has 1 unspecified atom stereocenters. The highest BCUT2D eigenvalue weighted by Gasteiger charge is 2.13. The van der Waals surface area contributed by atoms with E-state index in [1.54, 1.807) is 0 Å². The lowest BCUT2D eigenvalue weighted by Crippen LogP contribution is -2.39. The molecule has 0 amide bonds. The lowest BCUT2D eigenvalue weighted by molar-refractivity contribution is 0.363. The summed E-state index contributed by atoms with van der Waals surface area (Å²) in [6.07, 6.45) is 3.55. The van der Waals surface area contributed by atoms with Crippen molar-refractivity contribution in [2.24, 2.45) is 5.92 Å². The van der Waals surface area contributed by atoms with Gasteiger partial charge in [0.05, 0.1) is 0 Å². The Kier molecular flexibility index (Phi) is 5.87. The Balaban J connectivity index is 2.51. The molecule has 0 saturated heterocycles. The van der Waals surface area contributed by atoms with Crippen molar-refractivity contribution in [3.05, 3.63) is 35.4 Å². The van der Waals surface area contributed by atoms with Crippen LogP contribution in [0.3, 0.4) is 0 Å². The van der Waals surface area contributed by atoms with E-state index < -0.39 is 0 Å². The molecule has 1 rings (SSSR count). The van der Waals surface area contributed by atoms with Gasteiger partial charge in [0.15, 0.2) is 0 Å². The molecule has 0 aliphatic carbocycles. The summed E-state index contributed by atoms with van der Waals surface area (Å²) in [5, 5.41) is 3.62. The van der Waals surface area contributed by atoms with Crippen molar-refractivity contribution >= 4 is 0 Å². The van der Waals surface area contributed by atoms with Crippen LogP contribution in [0.1, 0.15) is 52.2 Å². The fraction of sp³-hybridized carbons (Fsp3) is 0.647. The average Bonchev–Trinajstić information content (AvgIpc) is 2.34. The zero-order chi connectivity index (χ0) is 13.6. The maximum atomic E-state index is 3.62. The van der Waals surface area contributed by atoms with Crippen LogP contribution in [0, 0.1) is 5.92 Å². The van der Waals surface area contributed by atoms with Gasteiger partial charge in [-0.3, -0.25) is 0 Å². The molecular weight excluding hydrogens is 218 g/mol. The largest absolute Gasteiger partial charge is 0.312 e. The van der Waals surface area contributed by atoms with Crippen molar-refractivity contribution < 1.29 is 0 Å². The molecule has 1 N–H and O–H groups in total. The fourth-order valence-electron chi connectivity index (χ4n) is 2.06. The molecule has 1 nitrogen and oxygen atoms in total. The first kappa shape index (κ1) is 15.2. The van der Waals surface area contributed by atoms with Gasteiger partial charge in [0.25, 0.3) is 0 Å². The summed E-state index contributed by atoms with van der Waals surface area (Å²) in [7, 11) is 0. The second-order valence-corrected chi connectivity index (χ2v) is 6.28. The van der Waals surface area contributed by atoms with Gasteiger partial charge in [0.1, 0.15) is 0 Å². The Morgan fingerprint density at radius 3 is 2.00 bits per heavy atom. The van der Waals surface area contributed by atoms with E-state index in [1.807, 2.05) is 0 Å². The molecule has 1 atom stereocenters. The minimum Gasteiger partial charge on any atom is -0.312 e. The molecule has 1 aromatic rings. The van der Waals surface area contributed by atoms with Gasteiger partial charge in [0, 0.05) is 5.54 Å². The molecule has 1 aromatic carbocycles. The summed E-state index contributed by atoms with van der Waals surface area (Å²) in [6, 6.07) is 9.11. The van der Waals surface area contributed by atoms with Crippen LogP contribution >= 0.6 is 0 Å². The first-order valence-corrected chi connectivity index (χ1v) is 7.27. The maximum absolute atomic E-state index is 3.62. The third kappa shape index (κ3) is 5.68. The van der Waals surface area contributed by atoms with E-state index in [0.717, 1.165) is 18.9 Å². The minimum absolute atomic E-state index is 0.222. The van der Waals surface area contributed by atoms with Crippen LogP contribution in [-0.2, 0) is 12.8 Å². The number of hydrogen-bond acceptors (Lipinski definition) is 1. The maximum Gasteiger partial charge on any atom is 0.00966 e. The Bertz CT molecular complexity index is 332. The summed E-state index contributed by atoms with van der Waals surface area (Å²) >= 11 is 0. The van der Waals surface area contributed by atoms with Crippen molar-refractivity contribution in [1.29, 1.82) is 0 Å². The van der Waals surface area contributed by atoms with Crippen LogP contribution in [0.4, 0.5) is 0 Å². The van der Waals surface area contributed by atoms with Gasteiger partial charge in [0.2, 0.25) is 0 Å².